The summed E-state index contributed by atoms with van der Waals surface area (Å²) in [4.78, 5) is 4.15. The summed E-state index contributed by atoms with van der Waals surface area (Å²) in [5, 5.41) is 4.51. The third-order valence-corrected chi connectivity index (χ3v) is 3.92. The van der Waals surface area contributed by atoms with Gasteiger partial charge in [-0.25, -0.2) is 4.98 Å². The molecule has 0 atom stereocenters. The molecule has 0 spiro atoms. The Morgan fingerprint density at radius 2 is 1.65 bits per heavy atom. The smallest absolute Gasteiger partial charge is 0.136 e. The minimum atomic E-state index is 0.498. The predicted octanol–water partition coefficient (Wildman–Crippen LogP) is 4.37. The minimum absolute atomic E-state index is 0.498. The highest BCUT2D eigenvalue weighted by molar-refractivity contribution is 6.35. The SMILES string of the molecule is COc1ccc(OC)c2c(C)c3ccnc(Cl)c3cc12. The highest BCUT2D eigenvalue weighted by Crippen LogP contribution is 2.40. The minimum Gasteiger partial charge on any atom is -0.496 e. The number of methoxy groups -OCH3 is 2. The maximum Gasteiger partial charge on any atom is 0.136 e. The summed E-state index contributed by atoms with van der Waals surface area (Å²) >= 11 is 6.22. The molecule has 3 aromatic rings. The Kier molecular flexibility index (Phi) is 3.14. The topological polar surface area (TPSA) is 31.4 Å². The number of nitrogens with zero attached hydrogens (tertiary/aromatic N) is 1. The molecule has 0 saturated heterocycles. The number of halogens is 1. The lowest BCUT2D eigenvalue weighted by molar-refractivity contribution is 0.410. The second-order valence-corrected chi connectivity index (χ2v) is 4.95. The molecule has 0 fully saturated rings. The van der Waals surface area contributed by atoms with Gasteiger partial charge in [0, 0.05) is 22.4 Å². The Morgan fingerprint density at radius 3 is 2.35 bits per heavy atom. The number of aromatic nitrogens is 1. The van der Waals surface area contributed by atoms with Gasteiger partial charge in [0.05, 0.1) is 14.2 Å². The molecule has 0 aliphatic rings. The molecule has 1 aromatic heterocycles. The molecule has 0 N–H and O–H groups in total. The van der Waals surface area contributed by atoms with Crippen LogP contribution in [0.25, 0.3) is 21.5 Å². The Bertz CT molecular complexity index is 815. The van der Waals surface area contributed by atoms with Crippen LogP contribution in [-0.4, -0.2) is 19.2 Å². The number of rotatable bonds is 2. The highest BCUT2D eigenvalue weighted by atomic mass is 35.5. The van der Waals surface area contributed by atoms with Crippen molar-refractivity contribution in [1.29, 1.82) is 0 Å². The van der Waals surface area contributed by atoms with Crippen molar-refractivity contribution < 1.29 is 9.47 Å². The molecule has 0 aliphatic carbocycles. The van der Waals surface area contributed by atoms with Crippen LogP contribution >= 0.6 is 11.6 Å². The number of aryl methyl sites for hydroxylation is 1. The molecule has 4 heteroatoms. The Hall–Kier alpha value is -2.00. The molecule has 1 heterocycles. The monoisotopic (exact) mass is 287 g/mol. The van der Waals surface area contributed by atoms with Gasteiger partial charge in [-0.2, -0.15) is 0 Å². The molecule has 0 aliphatic heterocycles. The molecule has 0 radical (unpaired) electrons. The van der Waals surface area contributed by atoms with Crippen LogP contribution in [0.1, 0.15) is 5.56 Å². The fourth-order valence-electron chi connectivity index (χ4n) is 2.65. The van der Waals surface area contributed by atoms with Gasteiger partial charge in [0.15, 0.2) is 0 Å². The van der Waals surface area contributed by atoms with Gasteiger partial charge >= 0.3 is 0 Å². The number of hydrogen-bond acceptors (Lipinski definition) is 3. The molecule has 0 amide bonds. The third-order valence-electron chi connectivity index (χ3n) is 3.62. The average molecular weight is 288 g/mol. The van der Waals surface area contributed by atoms with E-state index >= 15 is 0 Å². The van der Waals surface area contributed by atoms with E-state index in [0.29, 0.717) is 5.15 Å². The van der Waals surface area contributed by atoms with Crippen LogP contribution in [0.2, 0.25) is 5.15 Å². The summed E-state index contributed by atoms with van der Waals surface area (Å²) < 4.78 is 10.9. The maximum absolute atomic E-state index is 6.22. The third kappa shape index (κ3) is 1.78. The first-order valence-electron chi connectivity index (χ1n) is 6.26. The van der Waals surface area contributed by atoms with E-state index in [0.717, 1.165) is 38.6 Å². The van der Waals surface area contributed by atoms with Crippen molar-refractivity contribution in [2.75, 3.05) is 14.2 Å². The fraction of sp³-hybridized carbons (Fsp3) is 0.188. The van der Waals surface area contributed by atoms with Crippen LogP contribution < -0.4 is 9.47 Å². The first-order valence-corrected chi connectivity index (χ1v) is 6.63. The van der Waals surface area contributed by atoms with E-state index in [1.54, 1.807) is 20.4 Å². The second-order valence-electron chi connectivity index (χ2n) is 4.59. The van der Waals surface area contributed by atoms with E-state index in [9.17, 15) is 0 Å². The van der Waals surface area contributed by atoms with Gasteiger partial charge in [-0.1, -0.05) is 11.6 Å². The first kappa shape index (κ1) is 13.0. The fourth-order valence-corrected chi connectivity index (χ4v) is 2.86. The van der Waals surface area contributed by atoms with Crippen LogP contribution in [0.3, 0.4) is 0 Å². The summed E-state index contributed by atoms with van der Waals surface area (Å²) in [7, 11) is 3.33. The van der Waals surface area contributed by atoms with E-state index in [-0.39, 0.29) is 0 Å². The van der Waals surface area contributed by atoms with Gasteiger partial charge in [0.25, 0.3) is 0 Å². The number of hydrogen-bond donors (Lipinski definition) is 0. The van der Waals surface area contributed by atoms with Crippen molar-refractivity contribution in [1.82, 2.24) is 4.98 Å². The molecule has 0 saturated carbocycles. The van der Waals surface area contributed by atoms with Gasteiger partial charge in [-0.3, -0.25) is 0 Å². The molecular formula is C16H14ClNO2. The predicted molar refractivity (Wildman–Crippen MR) is 82.1 cm³/mol. The average Bonchev–Trinajstić information content (AvgIpc) is 2.47. The normalized spacial score (nSPS) is 11.0. The zero-order chi connectivity index (χ0) is 14.3. The van der Waals surface area contributed by atoms with Crippen LogP contribution in [0.15, 0.2) is 30.5 Å². The molecule has 102 valence electrons. The molecule has 0 bridgehead atoms. The lowest BCUT2D eigenvalue weighted by Crippen LogP contribution is -1.93. The zero-order valence-electron chi connectivity index (χ0n) is 11.5. The summed E-state index contributed by atoms with van der Waals surface area (Å²) in [6.45, 7) is 2.06. The van der Waals surface area contributed by atoms with Gasteiger partial charge in [-0.15, -0.1) is 0 Å². The van der Waals surface area contributed by atoms with Crippen molar-refractivity contribution in [3.8, 4) is 11.5 Å². The van der Waals surface area contributed by atoms with E-state index in [4.69, 9.17) is 21.1 Å². The molecule has 3 nitrogen and oxygen atoms in total. The number of ether oxygens (including phenoxy) is 2. The van der Waals surface area contributed by atoms with Gasteiger partial charge in [-0.05, 0) is 42.1 Å². The summed E-state index contributed by atoms with van der Waals surface area (Å²) in [6.07, 6.45) is 1.72. The van der Waals surface area contributed by atoms with Crippen molar-refractivity contribution in [3.63, 3.8) is 0 Å². The van der Waals surface area contributed by atoms with E-state index in [1.807, 2.05) is 24.3 Å². The van der Waals surface area contributed by atoms with Crippen molar-refractivity contribution in [2.45, 2.75) is 6.92 Å². The molecule has 3 rings (SSSR count). The van der Waals surface area contributed by atoms with Crippen molar-refractivity contribution in [2.24, 2.45) is 0 Å². The number of pyridine rings is 1. The van der Waals surface area contributed by atoms with Crippen LogP contribution in [0.4, 0.5) is 0 Å². The Labute approximate surface area is 122 Å². The van der Waals surface area contributed by atoms with Crippen LogP contribution in [0, 0.1) is 6.92 Å². The van der Waals surface area contributed by atoms with E-state index in [1.165, 1.54) is 0 Å². The highest BCUT2D eigenvalue weighted by Gasteiger charge is 2.14. The van der Waals surface area contributed by atoms with E-state index < -0.39 is 0 Å². The summed E-state index contributed by atoms with van der Waals surface area (Å²) in [5.74, 6) is 1.62. The first-order chi connectivity index (χ1) is 9.67. The Balaban J connectivity index is 2.58. The second kappa shape index (κ2) is 4.84. The van der Waals surface area contributed by atoms with Crippen LogP contribution in [0.5, 0.6) is 11.5 Å². The zero-order valence-corrected chi connectivity index (χ0v) is 12.3. The molecular weight excluding hydrogens is 274 g/mol. The van der Waals surface area contributed by atoms with Crippen molar-refractivity contribution >= 4 is 33.1 Å². The van der Waals surface area contributed by atoms with Gasteiger partial charge in [0.1, 0.15) is 16.7 Å². The number of fused-ring (bicyclic) bond motifs is 2. The lowest BCUT2D eigenvalue weighted by atomic mass is 9.97. The molecule has 20 heavy (non-hydrogen) atoms. The maximum atomic E-state index is 6.22. The molecule has 0 unspecified atom stereocenters. The molecule has 2 aromatic carbocycles. The lowest BCUT2D eigenvalue weighted by Gasteiger charge is -2.14. The quantitative estimate of drug-likeness (QED) is 0.518. The van der Waals surface area contributed by atoms with Crippen LogP contribution in [-0.2, 0) is 0 Å². The van der Waals surface area contributed by atoms with Gasteiger partial charge < -0.3 is 9.47 Å². The number of benzene rings is 2. The Morgan fingerprint density at radius 1 is 0.950 bits per heavy atom. The summed E-state index contributed by atoms with van der Waals surface area (Å²) in [6, 6.07) is 7.79. The standard InChI is InChI=1S/C16H14ClNO2/c1-9-10-6-7-18-16(17)11(10)8-12-13(19-2)4-5-14(20-3)15(9)12/h4-8H,1-3H3. The van der Waals surface area contributed by atoms with E-state index in [2.05, 4.69) is 11.9 Å². The largest absolute Gasteiger partial charge is 0.496 e. The van der Waals surface area contributed by atoms with Gasteiger partial charge in [0.2, 0.25) is 0 Å². The van der Waals surface area contributed by atoms with Crippen molar-refractivity contribution in [3.05, 3.63) is 41.2 Å². The summed E-state index contributed by atoms with van der Waals surface area (Å²) in [5.41, 5.74) is 1.11.